The van der Waals surface area contributed by atoms with Crippen LogP contribution in [0.1, 0.15) is 43.0 Å². The SMILES string of the molecule is O=C(N[C@@H]1CCCc2c1cnn2-c1ccncc1)[C@H]1CCCO1. The number of fused-ring (bicyclic) bond motifs is 1. The quantitative estimate of drug-likeness (QED) is 0.940. The molecule has 1 fully saturated rings. The molecule has 120 valence electrons. The molecule has 0 saturated carbocycles. The first-order valence-corrected chi connectivity index (χ1v) is 8.22. The van der Waals surface area contributed by atoms with E-state index in [1.54, 1.807) is 12.4 Å². The number of aromatic nitrogens is 3. The molecule has 1 amide bonds. The van der Waals surface area contributed by atoms with Crippen molar-refractivity contribution in [3.8, 4) is 5.69 Å². The highest BCUT2D eigenvalue weighted by molar-refractivity contribution is 5.81. The average Bonchev–Trinajstić information content (AvgIpc) is 3.26. The number of amides is 1. The Morgan fingerprint density at radius 3 is 2.91 bits per heavy atom. The van der Waals surface area contributed by atoms with Crippen LogP contribution in [0.25, 0.3) is 5.69 Å². The second-order valence-electron chi connectivity index (χ2n) is 6.12. The molecular formula is C17H20N4O2. The summed E-state index contributed by atoms with van der Waals surface area (Å²) in [4.78, 5) is 16.4. The van der Waals surface area contributed by atoms with Gasteiger partial charge in [-0.25, -0.2) is 4.68 Å². The fourth-order valence-electron chi connectivity index (χ4n) is 3.46. The molecule has 4 rings (SSSR count). The molecule has 2 atom stereocenters. The Morgan fingerprint density at radius 1 is 1.26 bits per heavy atom. The number of nitrogens with one attached hydrogen (secondary N) is 1. The van der Waals surface area contributed by atoms with E-state index in [9.17, 15) is 4.79 Å². The molecule has 1 aliphatic heterocycles. The molecule has 0 radical (unpaired) electrons. The van der Waals surface area contributed by atoms with E-state index in [2.05, 4.69) is 15.4 Å². The van der Waals surface area contributed by atoms with Crippen molar-refractivity contribution in [2.24, 2.45) is 0 Å². The summed E-state index contributed by atoms with van der Waals surface area (Å²) in [6, 6.07) is 3.93. The Bertz CT molecular complexity index is 692. The van der Waals surface area contributed by atoms with Crippen LogP contribution in [0.15, 0.2) is 30.7 Å². The Hall–Kier alpha value is -2.21. The summed E-state index contributed by atoms with van der Waals surface area (Å²) in [5.74, 6) is 0.0111. The fraction of sp³-hybridized carbons (Fsp3) is 0.471. The van der Waals surface area contributed by atoms with E-state index in [0.29, 0.717) is 6.61 Å². The first kappa shape index (κ1) is 14.4. The topological polar surface area (TPSA) is 69.0 Å². The van der Waals surface area contributed by atoms with Crippen LogP contribution in [0.2, 0.25) is 0 Å². The monoisotopic (exact) mass is 312 g/mol. The van der Waals surface area contributed by atoms with Gasteiger partial charge >= 0.3 is 0 Å². The van der Waals surface area contributed by atoms with Crippen LogP contribution >= 0.6 is 0 Å². The van der Waals surface area contributed by atoms with Gasteiger partial charge in [-0.15, -0.1) is 0 Å². The third-order valence-electron chi connectivity index (χ3n) is 4.63. The predicted molar refractivity (Wildman–Crippen MR) is 84.2 cm³/mol. The summed E-state index contributed by atoms with van der Waals surface area (Å²) >= 11 is 0. The van der Waals surface area contributed by atoms with Gasteiger partial charge in [-0.05, 0) is 44.2 Å². The summed E-state index contributed by atoms with van der Waals surface area (Å²) in [6.45, 7) is 0.688. The lowest BCUT2D eigenvalue weighted by molar-refractivity contribution is -0.130. The highest BCUT2D eigenvalue weighted by Gasteiger charge is 2.30. The molecule has 2 aromatic heterocycles. The Balaban J connectivity index is 1.57. The number of hydrogen-bond donors (Lipinski definition) is 1. The van der Waals surface area contributed by atoms with E-state index in [-0.39, 0.29) is 18.1 Å². The van der Waals surface area contributed by atoms with Gasteiger partial charge in [0.15, 0.2) is 0 Å². The lowest BCUT2D eigenvalue weighted by Gasteiger charge is -2.25. The molecule has 1 aliphatic carbocycles. The van der Waals surface area contributed by atoms with Crippen LogP contribution < -0.4 is 5.32 Å². The number of ether oxygens (including phenoxy) is 1. The van der Waals surface area contributed by atoms with Crippen molar-refractivity contribution in [1.29, 1.82) is 0 Å². The third kappa shape index (κ3) is 2.74. The van der Waals surface area contributed by atoms with Gasteiger partial charge in [0.1, 0.15) is 6.10 Å². The molecule has 6 heteroatoms. The maximum absolute atomic E-state index is 12.3. The van der Waals surface area contributed by atoms with Crippen LogP contribution in [0.5, 0.6) is 0 Å². The molecule has 6 nitrogen and oxygen atoms in total. The largest absolute Gasteiger partial charge is 0.368 e. The van der Waals surface area contributed by atoms with Crippen molar-refractivity contribution in [3.05, 3.63) is 42.0 Å². The van der Waals surface area contributed by atoms with Gasteiger partial charge in [0.05, 0.1) is 17.9 Å². The third-order valence-corrected chi connectivity index (χ3v) is 4.63. The zero-order valence-corrected chi connectivity index (χ0v) is 12.9. The predicted octanol–water partition coefficient (Wildman–Crippen LogP) is 1.94. The number of hydrogen-bond acceptors (Lipinski definition) is 4. The van der Waals surface area contributed by atoms with Gasteiger partial charge in [-0.3, -0.25) is 9.78 Å². The van der Waals surface area contributed by atoms with E-state index in [4.69, 9.17) is 4.74 Å². The number of nitrogens with zero attached hydrogens (tertiary/aromatic N) is 3. The molecule has 0 spiro atoms. The van der Waals surface area contributed by atoms with Crippen LogP contribution in [0, 0.1) is 0 Å². The molecule has 2 aliphatic rings. The average molecular weight is 312 g/mol. The standard InChI is InChI=1S/C17H20N4O2/c22-17(16-5-2-10-23-16)20-14-3-1-4-15-13(14)11-19-21(15)12-6-8-18-9-7-12/h6-9,11,14,16H,1-5,10H2,(H,20,22)/t14-,16-/m1/s1. The van der Waals surface area contributed by atoms with E-state index >= 15 is 0 Å². The Morgan fingerprint density at radius 2 is 2.13 bits per heavy atom. The van der Waals surface area contributed by atoms with Crippen molar-refractivity contribution < 1.29 is 9.53 Å². The molecule has 3 heterocycles. The molecule has 0 aromatic carbocycles. The lowest BCUT2D eigenvalue weighted by Crippen LogP contribution is -2.38. The normalized spacial score (nSPS) is 23.5. The van der Waals surface area contributed by atoms with Crippen LogP contribution in [-0.2, 0) is 16.0 Å². The minimum atomic E-state index is -0.282. The van der Waals surface area contributed by atoms with Gasteiger partial charge in [0, 0.05) is 30.3 Å². The minimum absolute atomic E-state index is 0.0111. The number of carbonyl (C=O) groups is 1. The molecule has 0 unspecified atom stereocenters. The number of pyridine rings is 1. The van der Waals surface area contributed by atoms with Gasteiger partial charge in [0.2, 0.25) is 5.91 Å². The zero-order valence-electron chi connectivity index (χ0n) is 12.9. The number of rotatable bonds is 3. The van der Waals surface area contributed by atoms with E-state index < -0.39 is 0 Å². The summed E-state index contributed by atoms with van der Waals surface area (Å²) in [7, 11) is 0. The van der Waals surface area contributed by atoms with Crippen molar-refractivity contribution in [3.63, 3.8) is 0 Å². The van der Waals surface area contributed by atoms with Gasteiger partial charge in [-0.1, -0.05) is 0 Å². The molecule has 1 saturated heterocycles. The van der Waals surface area contributed by atoms with E-state index in [1.807, 2.05) is 23.0 Å². The molecule has 23 heavy (non-hydrogen) atoms. The van der Waals surface area contributed by atoms with Gasteiger partial charge in [0.25, 0.3) is 0 Å². The van der Waals surface area contributed by atoms with Crippen molar-refractivity contribution in [2.75, 3.05) is 6.61 Å². The summed E-state index contributed by atoms with van der Waals surface area (Å²) < 4.78 is 7.44. The van der Waals surface area contributed by atoms with Crippen LogP contribution in [0.4, 0.5) is 0 Å². The first-order valence-electron chi connectivity index (χ1n) is 8.22. The smallest absolute Gasteiger partial charge is 0.249 e. The molecule has 1 N–H and O–H groups in total. The van der Waals surface area contributed by atoms with Crippen molar-refractivity contribution in [2.45, 2.75) is 44.2 Å². The Labute approximate surface area is 134 Å². The second-order valence-corrected chi connectivity index (χ2v) is 6.12. The maximum atomic E-state index is 12.3. The summed E-state index contributed by atoms with van der Waals surface area (Å²) in [6.07, 6.45) is 9.89. The van der Waals surface area contributed by atoms with Gasteiger partial charge < -0.3 is 10.1 Å². The fourth-order valence-corrected chi connectivity index (χ4v) is 3.46. The second kappa shape index (κ2) is 6.12. The molecular weight excluding hydrogens is 292 g/mol. The first-order chi connectivity index (χ1) is 11.3. The lowest BCUT2D eigenvalue weighted by atomic mass is 9.92. The Kier molecular flexibility index (Phi) is 3.83. The van der Waals surface area contributed by atoms with Crippen LogP contribution in [-0.4, -0.2) is 33.4 Å². The van der Waals surface area contributed by atoms with Crippen LogP contribution in [0.3, 0.4) is 0 Å². The minimum Gasteiger partial charge on any atom is -0.368 e. The highest BCUT2D eigenvalue weighted by Crippen LogP contribution is 2.31. The van der Waals surface area contributed by atoms with Crippen molar-refractivity contribution >= 4 is 5.91 Å². The highest BCUT2D eigenvalue weighted by atomic mass is 16.5. The number of carbonyl (C=O) groups excluding carboxylic acids is 1. The summed E-state index contributed by atoms with van der Waals surface area (Å²) in [5.41, 5.74) is 3.31. The summed E-state index contributed by atoms with van der Waals surface area (Å²) in [5, 5.41) is 7.68. The van der Waals surface area contributed by atoms with E-state index in [1.165, 1.54) is 5.69 Å². The van der Waals surface area contributed by atoms with E-state index in [0.717, 1.165) is 43.4 Å². The molecule has 0 bridgehead atoms. The van der Waals surface area contributed by atoms with Gasteiger partial charge in [-0.2, -0.15) is 5.10 Å². The molecule has 2 aromatic rings. The maximum Gasteiger partial charge on any atom is 0.249 e. The zero-order chi connectivity index (χ0) is 15.6. The van der Waals surface area contributed by atoms with Crippen molar-refractivity contribution in [1.82, 2.24) is 20.1 Å².